The fourth-order valence-corrected chi connectivity index (χ4v) is 2.20. The summed E-state index contributed by atoms with van der Waals surface area (Å²) >= 11 is 0. The summed E-state index contributed by atoms with van der Waals surface area (Å²) in [4.78, 5) is 0. The van der Waals surface area contributed by atoms with Crippen molar-refractivity contribution in [3.63, 3.8) is 0 Å². The van der Waals surface area contributed by atoms with Crippen LogP contribution in [-0.4, -0.2) is 31.0 Å². The molecule has 1 aromatic heterocycles. The van der Waals surface area contributed by atoms with Gasteiger partial charge in [0.2, 0.25) is 0 Å². The van der Waals surface area contributed by atoms with Gasteiger partial charge in [-0.25, -0.2) is 0 Å². The van der Waals surface area contributed by atoms with Crippen LogP contribution < -0.4 is 5.32 Å². The van der Waals surface area contributed by atoms with Crippen molar-refractivity contribution >= 4 is 0 Å². The SMILES string of the molecule is CNC(c1ccn(CCCOCC(F)(F)F)c1)C(C)C. The van der Waals surface area contributed by atoms with Crippen LogP contribution in [0.25, 0.3) is 0 Å². The molecule has 0 saturated carbocycles. The molecule has 0 saturated heterocycles. The van der Waals surface area contributed by atoms with E-state index in [9.17, 15) is 13.2 Å². The Balaban J connectivity index is 2.34. The van der Waals surface area contributed by atoms with Crippen LogP contribution in [0.1, 0.15) is 31.9 Å². The Labute approximate surface area is 118 Å². The standard InChI is InChI=1S/C14H23F3N2O/c1-11(2)13(18-3)12-5-7-19(9-12)6-4-8-20-10-14(15,16)17/h5,7,9,11,13,18H,4,6,8,10H2,1-3H3. The van der Waals surface area contributed by atoms with Gasteiger partial charge in [0.1, 0.15) is 6.61 Å². The number of aromatic nitrogens is 1. The third-order valence-corrected chi connectivity index (χ3v) is 3.08. The molecule has 0 aliphatic carbocycles. The molecule has 6 heteroatoms. The highest BCUT2D eigenvalue weighted by atomic mass is 19.4. The highest BCUT2D eigenvalue weighted by Gasteiger charge is 2.27. The van der Waals surface area contributed by atoms with E-state index in [0.717, 1.165) is 0 Å². The van der Waals surface area contributed by atoms with Gasteiger partial charge < -0.3 is 14.6 Å². The summed E-state index contributed by atoms with van der Waals surface area (Å²) in [6.07, 6.45) is 0.310. The number of halogens is 3. The summed E-state index contributed by atoms with van der Waals surface area (Å²) in [7, 11) is 1.92. The molecule has 1 aromatic rings. The number of aryl methyl sites for hydroxylation is 1. The molecule has 1 unspecified atom stereocenters. The molecule has 1 N–H and O–H groups in total. The van der Waals surface area contributed by atoms with Crippen molar-refractivity contribution in [1.82, 2.24) is 9.88 Å². The van der Waals surface area contributed by atoms with Gasteiger partial charge >= 0.3 is 6.18 Å². The normalized spacial score (nSPS) is 13.9. The first-order valence-corrected chi connectivity index (χ1v) is 6.81. The molecule has 116 valence electrons. The molecule has 3 nitrogen and oxygen atoms in total. The Morgan fingerprint density at radius 3 is 2.60 bits per heavy atom. The van der Waals surface area contributed by atoms with E-state index in [4.69, 9.17) is 0 Å². The van der Waals surface area contributed by atoms with Crippen molar-refractivity contribution in [3.05, 3.63) is 24.0 Å². The van der Waals surface area contributed by atoms with Crippen molar-refractivity contribution in [2.24, 2.45) is 5.92 Å². The molecule has 1 atom stereocenters. The largest absolute Gasteiger partial charge is 0.411 e. The monoisotopic (exact) mass is 292 g/mol. The first kappa shape index (κ1) is 17.0. The summed E-state index contributed by atoms with van der Waals surface area (Å²) in [5, 5.41) is 3.26. The van der Waals surface area contributed by atoms with Gasteiger partial charge in [0.15, 0.2) is 0 Å². The lowest BCUT2D eigenvalue weighted by molar-refractivity contribution is -0.174. The molecule has 0 aliphatic heterocycles. The van der Waals surface area contributed by atoms with E-state index in [1.165, 1.54) is 5.56 Å². The topological polar surface area (TPSA) is 26.2 Å². The van der Waals surface area contributed by atoms with Gasteiger partial charge in [0.05, 0.1) is 0 Å². The van der Waals surface area contributed by atoms with E-state index in [-0.39, 0.29) is 12.6 Å². The minimum absolute atomic E-state index is 0.118. The third-order valence-electron chi connectivity index (χ3n) is 3.08. The van der Waals surface area contributed by atoms with Gasteiger partial charge in [0, 0.05) is 31.6 Å². The van der Waals surface area contributed by atoms with Gasteiger partial charge in [-0.15, -0.1) is 0 Å². The second-order valence-corrected chi connectivity index (χ2v) is 5.21. The molecule has 0 spiro atoms. The molecule has 0 amide bonds. The van der Waals surface area contributed by atoms with E-state index in [1.807, 2.05) is 30.1 Å². The van der Waals surface area contributed by atoms with Crippen LogP contribution in [0.15, 0.2) is 18.5 Å². The molecule has 1 rings (SSSR count). The maximum atomic E-state index is 11.9. The van der Waals surface area contributed by atoms with Gasteiger partial charge in [0.25, 0.3) is 0 Å². The van der Waals surface area contributed by atoms with E-state index >= 15 is 0 Å². The van der Waals surface area contributed by atoms with Crippen molar-refractivity contribution < 1.29 is 17.9 Å². The zero-order valence-electron chi connectivity index (χ0n) is 12.2. The van der Waals surface area contributed by atoms with Crippen LogP contribution in [-0.2, 0) is 11.3 Å². The maximum absolute atomic E-state index is 11.9. The van der Waals surface area contributed by atoms with E-state index < -0.39 is 12.8 Å². The van der Waals surface area contributed by atoms with Crippen LogP contribution in [0.2, 0.25) is 0 Å². The molecule has 0 radical (unpaired) electrons. The lowest BCUT2D eigenvalue weighted by Crippen LogP contribution is -2.21. The summed E-state index contributed by atoms with van der Waals surface area (Å²) in [6, 6.07) is 2.33. The van der Waals surface area contributed by atoms with Gasteiger partial charge in [-0.2, -0.15) is 13.2 Å². The molecule has 0 aromatic carbocycles. The molecule has 0 fully saturated rings. The van der Waals surface area contributed by atoms with E-state index in [1.54, 1.807) is 0 Å². The first-order valence-electron chi connectivity index (χ1n) is 6.81. The van der Waals surface area contributed by atoms with Crippen molar-refractivity contribution in [3.8, 4) is 0 Å². The van der Waals surface area contributed by atoms with Crippen LogP contribution >= 0.6 is 0 Å². The summed E-state index contributed by atoms with van der Waals surface area (Å²) in [5.74, 6) is 0.478. The number of rotatable bonds is 8. The van der Waals surface area contributed by atoms with Crippen LogP contribution in [0.4, 0.5) is 13.2 Å². The molecular weight excluding hydrogens is 269 g/mol. The average molecular weight is 292 g/mol. The molecule has 1 heterocycles. The lowest BCUT2D eigenvalue weighted by Gasteiger charge is -2.18. The Morgan fingerprint density at radius 2 is 2.05 bits per heavy atom. The fraction of sp³-hybridized carbons (Fsp3) is 0.714. The predicted octanol–water partition coefficient (Wildman–Crippen LogP) is 3.37. The van der Waals surface area contributed by atoms with Gasteiger partial charge in [-0.1, -0.05) is 13.8 Å². The second kappa shape index (κ2) is 7.69. The van der Waals surface area contributed by atoms with E-state index in [0.29, 0.717) is 18.9 Å². The third kappa shape index (κ3) is 5.96. The number of hydrogen-bond donors (Lipinski definition) is 1. The number of hydrogen-bond acceptors (Lipinski definition) is 2. The zero-order valence-corrected chi connectivity index (χ0v) is 12.2. The quantitative estimate of drug-likeness (QED) is 0.743. The fourth-order valence-electron chi connectivity index (χ4n) is 2.20. The highest BCUT2D eigenvalue weighted by molar-refractivity contribution is 5.16. The highest BCUT2D eigenvalue weighted by Crippen LogP contribution is 2.21. The Hall–Kier alpha value is -1.01. The van der Waals surface area contributed by atoms with E-state index in [2.05, 4.69) is 23.9 Å². The minimum Gasteiger partial charge on any atom is -0.372 e. The molecule has 0 bridgehead atoms. The Bertz CT molecular complexity index is 388. The van der Waals surface area contributed by atoms with Gasteiger partial charge in [-0.05, 0) is 31.0 Å². The lowest BCUT2D eigenvalue weighted by atomic mass is 9.99. The summed E-state index contributed by atoms with van der Waals surface area (Å²) in [6.45, 7) is 3.89. The van der Waals surface area contributed by atoms with Crippen LogP contribution in [0.3, 0.4) is 0 Å². The Kier molecular flexibility index (Phi) is 6.55. The second-order valence-electron chi connectivity index (χ2n) is 5.21. The zero-order chi connectivity index (χ0) is 15.2. The van der Waals surface area contributed by atoms with Crippen LogP contribution in [0, 0.1) is 5.92 Å². The van der Waals surface area contributed by atoms with Crippen molar-refractivity contribution in [1.29, 1.82) is 0 Å². The summed E-state index contributed by atoms with van der Waals surface area (Å²) < 4.78 is 42.2. The predicted molar refractivity (Wildman–Crippen MR) is 72.6 cm³/mol. The van der Waals surface area contributed by atoms with Crippen molar-refractivity contribution in [2.45, 2.75) is 39.0 Å². The number of alkyl halides is 3. The van der Waals surface area contributed by atoms with Gasteiger partial charge in [-0.3, -0.25) is 0 Å². The van der Waals surface area contributed by atoms with Crippen molar-refractivity contribution in [2.75, 3.05) is 20.3 Å². The maximum Gasteiger partial charge on any atom is 0.411 e. The smallest absolute Gasteiger partial charge is 0.372 e. The first-order chi connectivity index (χ1) is 9.33. The number of nitrogens with zero attached hydrogens (tertiary/aromatic N) is 1. The molecular formula is C14H23F3N2O. The number of ether oxygens (including phenoxy) is 1. The molecule has 0 aliphatic rings. The number of nitrogens with one attached hydrogen (secondary N) is 1. The Morgan fingerprint density at radius 1 is 1.35 bits per heavy atom. The molecule has 20 heavy (non-hydrogen) atoms. The van der Waals surface area contributed by atoms with Crippen LogP contribution in [0.5, 0.6) is 0 Å². The summed E-state index contributed by atoms with van der Waals surface area (Å²) in [5.41, 5.74) is 1.19. The minimum atomic E-state index is -4.24. The average Bonchev–Trinajstić information content (AvgIpc) is 2.76.